The fraction of sp³-hybridized carbons (Fsp3) is 0.200. The van der Waals surface area contributed by atoms with Crippen LogP contribution in [-0.4, -0.2) is 24.4 Å². The van der Waals surface area contributed by atoms with Gasteiger partial charge in [0.1, 0.15) is 18.5 Å². The standard InChI is InChI=1S/C15H14BrF2NO2/c16-12-6-5-10(17)7-14(12)19-8-11(20)9-21-15-4-2-1-3-13(15)18/h1-7,11,19-20H,8-9H2. The Morgan fingerprint density at radius 2 is 1.95 bits per heavy atom. The van der Waals surface area contributed by atoms with Gasteiger partial charge in [0, 0.05) is 11.0 Å². The highest BCUT2D eigenvalue weighted by molar-refractivity contribution is 9.10. The monoisotopic (exact) mass is 357 g/mol. The zero-order valence-electron chi connectivity index (χ0n) is 11.0. The van der Waals surface area contributed by atoms with E-state index < -0.39 is 11.9 Å². The van der Waals surface area contributed by atoms with Crippen LogP contribution in [0.3, 0.4) is 0 Å². The van der Waals surface area contributed by atoms with Crippen LogP contribution in [0.4, 0.5) is 14.5 Å². The summed E-state index contributed by atoms with van der Waals surface area (Å²) in [7, 11) is 0. The van der Waals surface area contributed by atoms with Gasteiger partial charge in [-0.25, -0.2) is 8.78 Å². The van der Waals surface area contributed by atoms with Gasteiger partial charge in [0.2, 0.25) is 0 Å². The van der Waals surface area contributed by atoms with E-state index in [2.05, 4.69) is 21.2 Å². The molecule has 112 valence electrons. The van der Waals surface area contributed by atoms with Gasteiger partial charge < -0.3 is 15.2 Å². The molecular formula is C15H14BrF2NO2. The number of anilines is 1. The Kier molecular flexibility index (Phi) is 5.52. The van der Waals surface area contributed by atoms with E-state index >= 15 is 0 Å². The summed E-state index contributed by atoms with van der Waals surface area (Å²) in [6.45, 7) is 0.0807. The first-order valence-corrected chi connectivity index (χ1v) is 7.10. The summed E-state index contributed by atoms with van der Waals surface area (Å²) in [5.74, 6) is -0.771. The maximum Gasteiger partial charge on any atom is 0.165 e. The molecule has 0 amide bonds. The average Bonchev–Trinajstić information content (AvgIpc) is 2.47. The molecule has 0 heterocycles. The predicted molar refractivity (Wildman–Crippen MR) is 80.5 cm³/mol. The van der Waals surface area contributed by atoms with E-state index in [1.165, 1.54) is 24.3 Å². The molecule has 0 bridgehead atoms. The van der Waals surface area contributed by atoms with Gasteiger partial charge in [-0.1, -0.05) is 12.1 Å². The van der Waals surface area contributed by atoms with Gasteiger partial charge in [0.05, 0.1) is 5.69 Å². The van der Waals surface area contributed by atoms with Crippen LogP contribution >= 0.6 is 15.9 Å². The molecule has 6 heteroatoms. The molecule has 0 radical (unpaired) electrons. The van der Waals surface area contributed by atoms with Crippen molar-refractivity contribution < 1.29 is 18.6 Å². The molecule has 0 saturated heterocycles. The molecule has 2 aromatic rings. The lowest BCUT2D eigenvalue weighted by atomic mass is 10.3. The summed E-state index contributed by atoms with van der Waals surface area (Å²) in [6.07, 6.45) is -0.861. The second-order valence-corrected chi connectivity index (χ2v) is 5.25. The summed E-state index contributed by atoms with van der Waals surface area (Å²) in [4.78, 5) is 0. The second-order valence-electron chi connectivity index (χ2n) is 4.40. The Morgan fingerprint density at radius 1 is 1.19 bits per heavy atom. The van der Waals surface area contributed by atoms with E-state index in [1.54, 1.807) is 18.2 Å². The Labute approximate surface area is 129 Å². The third-order valence-corrected chi connectivity index (χ3v) is 3.42. The van der Waals surface area contributed by atoms with Gasteiger partial charge in [-0.2, -0.15) is 0 Å². The first-order valence-electron chi connectivity index (χ1n) is 6.30. The quantitative estimate of drug-likeness (QED) is 0.830. The number of nitrogens with one attached hydrogen (secondary N) is 1. The van der Waals surface area contributed by atoms with Gasteiger partial charge in [-0.05, 0) is 46.3 Å². The molecule has 0 aliphatic rings. The number of aliphatic hydroxyl groups excluding tert-OH is 1. The summed E-state index contributed by atoms with van der Waals surface area (Å²) in [5.41, 5.74) is 0.528. The first-order chi connectivity index (χ1) is 10.1. The van der Waals surface area contributed by atoms with E-state index in [-0.39, 0.29) is 24.7 Å². The van der Waals surface area contributed by atoms with Crippen LogP contribution in [-0.2, 0) is 0 Å². The molecule has 2 rings (SSSR count). The van der Waals surface area contributed by atoms with Crippen LogP contribution in [0.5, 0.6) is 5.75 Å². The minimum Gasteiger partial charge on any atom is -0.488 e. The van der Waals surface area contributed by atoms with Crippen LogP contribution in [0.25, 0.3) is 0 Å². The number of rotatable bonds is 6. The van der Waals surface area contributed by atoms with Crippen molar-refractivity contribution in [3.05, 3.63) is 58.6 Å². The van der Waals surface area contributed by atoms with Crippen molar-refractivity contribution in [3.8, 4) is 5.75 Å². The number of ether oxygens (including phenoxy) is 1. The maximum absolute atomic E-state index is 13.3. The summed E-state index contributed by atoms with van der Waals surface area (Å²) >= 11 is 3.27. The molecule has 0 aliphatic carbocycles. The van der Waals surface area contributed by atoms with Gasteiger partial charge in [0.15, 0.2) is 11.6 Å². The van der Waals surface area contributed by atoms with Crippen molar-refractivity contribution in [1.82, 2.24) is 0 Å². The van der Waals surface area contributed by atoms with E-state index in [9.17, 15) is 13.9 Å². The molecule has 21 heavy (non-hydrogen) atoms. The largest absolute Gasteiger partial charge is 0.488 e. The second kappa shape index (κ2) is 7.38. The van der Waals surface area contributed by atoms with E-state index in [0.29, 0.717) is 10.2 Å². The third-order valence-electron chi connectivity index (χ3n) is 2.72. The Morgan fingerprint density at radius 3 is 2.71 bits per heavy atom. The van der Waals surface area contributed by atoms with Crippen LogP contribution in [0.2, 0.25) is 0 Å². The maximum atomic E-state index is 13.3. The molecular weight excluding hydrogens is 344 g/mol. The number of para-hydroxylation sites is 1. The predicted octanol–water partition coefficient (Wildman–Crippen LogP) is 3.58. The Hall–Kier alpha value is -1.66. The van der Waals surface area contributed by atoms with Crippen LogP contribution in [0.15, 0.2) is 46.9 Å². The number of benzene rings is 2. The molecule has 0 spiro atoms. The van der Waals surface area contributed by atoms with Gasteiger partial charge in [-0.15, -0.1) is 0 Å². The highest BCUT2D eigenvalue weighted by Crippen LogP contribution is 2.23. The molecule has 0 saturated carbocycles. The highest BCUT2D eigenvalue weighted by Gasteiger charge is 2.09. The average molecular weight is 358 g/mol. The fourth-order valence-corrected chi connectivity index (χ4v) is 2.05. The number of aliphatic hydroxyl groups is 1. The molecule has 0 aliphatic heterocycles. The van der Waals surface area contributed by atoms with E-state index in [1.807, 2.05) is 0 Å². The first kappa shape index (κ1) is 15.7. The normalized spacial score (nSPS) is 12.0. The highest BCUT2D eigenvalue weighted by atomic mass is 79.9. The van der Waals surface area contributed by atoms with Crippen LogP contribution < -0.4 is 10.1 Å². The molecule has 0 aromatic heterocycles. The number of halogens is 3. The molecule has 2 N–H and O–H groups in total. The summed E-state index contributed by atoms with van der Waals surface area (Å²) in [6, 6.07) is 10.2. The Bertz CT molecular complexity index is 610. The Balaban J connectivity index is 1.84. The number of hydrogen-bond acceptors (Lipinski definition) is 3. The van der Waals surface area contributed by atoms with Crippen molar-refractivity contribution in [2.24, 2.45) is 0 Å². The lowest BCUT2D eigenvalue weighted by Crippen LogP contribution is -2.26. The topological polar surface area (TPSA) is 41.5 Å². The third kappa shape index (κ3) is 4.68. The van der Waals surface area contributed by atoms with E-state index in [4.69, 9.17) is 4.74 Å². The molecule has 2 aromatic carbocycles. The zero-order chi connectivity index (χ0) is 15.2. The zero-order valence-corrected chi connectivity index (χ0v) is 12.6. The van der Waals surface area contributed by atoms with E-state index in [0.717, 1.165) is 0 Å². The lowest BCUT2D eigenvalue weighted by Gasteiger charge is -2.15. The molecule has 1 atom stereocenters. The van der Waals surface area contributed by atoms with Crippen molar-refractivity contribution >= 4 is 21.6 Å². The van der Waals surface area contributed by atoms with Gasteiger partial charge >= 0.3 is 0 Å². The van der Waals surface area contributed by atoms with Gasteiger partial charge in [0.25, 0.3) is 0 Å². The molecule has 3 nitrogen and oxygen atoms in total. The minimum absolute atomic E-state index is 0.0686. The fourth-order valence-electron chi connectivity index (χ4n) is 1.67. The van der Waals surface area contributed by atoms with Crippen molar-refractivity contribution in [2.45, 2.75) is 6.10 Å². The summed E-state index contributed by atoms with van der Waals surface area (Å²) in [5, 5.41) is 12.7. The molecule has 1 unspecified atom stereocenters. The van der Waals surface area contributed by atoms with Gasteiger partial charge in [-0.3, -0.25) is 0 Å². The smallest absolute Gasteiger partial charge is 0.165 e. The van der Waals surface area contributed by atoms with Crippen LogP contribution in [0.1, 0.15) is 0 Å². The number of hydrogen-bond donors (Lipinski definition) is 2. The minimum atomic E-state index is -0.861. The van der Waals surface area contributed by atoms with Crippen molar-refractivity contribution in [2.75, 3.05) is 18.5 Å². The summed E-state index contributed by atoms with van der Waals surface area (Å²) < 4.78 is 32.3. The molecule has 0 fully saturated rings. The van der Waals surface area contributed by atoms with Crippen LogP contribution in [0, 0.1) is 11.6 Å². The van der Waals surface area contributed by atoms with Crippen molar-refractivity contribution in [1.29, 1.82) is 0 Å². The lowest BCUT2D eigenvalue weighted by molar-refractivity contribution is 0.115. The van der Waals surface area contributed by atoms with Crippen molar-refractivity contribution in [3.63, 3.8) is 0 Å². The SMILES string of the molecule is OC(CNc1cc(F)ccc1Br)COc1ccccc1F.